The van der Waals surface area contributed by atoms with Gasteiger partial charge in [0, 0.05) is 26.3 Å². The summed E-state index contributed by atoms with van der Waals surface area (Å²) in [5.74, 6) is 0.0434. The maximum absolute atomic E-state index is 12.5. The van der Waals surface area contributed by atoms with Gasteiger partial charge in [-0.15, -0.1) is 0 Å². The van der Waals surface area contributed by atoms with Crippen LogP contribution in [0.15, 0.2) is 22.9 Å². The molecule has 20 heavy (non-hydrogen) atoms. The van der Waals surface area contributed by atoms with Crippen LogP contribution in [-0.2, 0) is 7.05 Å². The largest absolute Gasteiger partial charge is 0.335 e. The second-order valence-corrected chi connectivity index (χ2v) is 6.04. The smallest absolute Gasteiger partial charge is 0.272 e. The second kappa shape index (κ2) is 5.05. The number of aromatic nitrogens is 4. The van der Waals surface area contributed by atoms with Gasteiger partial charge in [-0.3, -0.25) is 14.2 Å². The quantitative estimate of drug-likeness (QED) is 0.839. The van der Waals surface area contributed by atoms with E-state index in [9.17, 15) is 4.79 Å². The number of carbonyl (C=O) groups excluding carboxylic acids is 1. The van der Waals surface area contributed by atoms with Crippen LogP contribution in [0.3, 0.4) is 0 Å². The molecule has 3 rings (SSSR count). The molecule has 0 spiro atoms. The molecule has 0 N–H and O–H groups in total. The summed E-state index contributed by atoms with van der Waals surface area (Å²) in [7, 11) is 1.80. The van der Waals surface area contributed by atoms with E-state index in [1.54, 1.807) is 17.9 Å². The first-order valence-corrected chi connectivity index (χ1v) is 7.33. The van der Waals surface area contributed by atoms with Crippen LogP contribution in [0.1, 0.15) is 28.6 Å². The minimum absolute atomic E-state index is 0.0434. The molecule has 0 bridgehead atoms. The van der Waals surface area contributed by atoms with E-state index >= 15 is 0 Å². The van der Waals surface area contributed by atoms with Crippen molar-refractivity contribution in [1.29, 1.82) is 0 Å². The fourth-order valence-electron chi connectivity index (χ4n) is 2.63. The zero-order chi connectivity index (χ0) is 14.3. The average molecular weight is 338 g/mol. The van der Waals surface area contributed by atoms with Gasteiger partial charge in [0.1, 0.15) is 5.69 Å². The highest BCUT2D eigenvalue weighted by atomic mass is 79.9. The summed E-state index contributed by atoms with van der Waals surface area (Å²) in [6.45, 7) is 3.34. The number of halogens is 1. The normalized spacial score (nSPS) is 18.8. The van der Waals surface area contributed by atoms with Gasteiger partial charge < -0.3 is 4.90 Å². The van der Waals surface area contributed by atoms with Crippen molar-refractivity contribution in [2.45, 2.75) is 19.4 Å². The fraction of sp³-hybridized carbons (Fsp3) is 0.462. The first kappa shape index (κ1) is 13.4. The first-order chi connectivity index (χ1) is 9.54. The number of hydrogen-bond acceptors (Lipinski definition) is 3. The van der Waals surface area contributed by atoms with E-state index < -0.39 is 0 Å². The lowest BCUT2D eigenvalue weighted by atomic mass is 10.3. The maximum Gasteiger partial charge on any atom is 0.272 e. The first-order valence-electron chi connectivity index (χ1n) is 6.54. The summed E-state index contributed by atoms with van der Waals surface area (Å²) in [6.07, 6.45) is 4.65. The summed E-state index contributed by atoms with van der Waals surface area (Å²) in [4.78, 5) is 14.4. The Bertz CT molecular complexity index is 647. The number of hydrogen-bond donors (Lipinski definition) is 0. The standard InChI is InChI=1S/C13H16BrN5O/c1-9-5-12(17(2)16-9)13(20)18-4-3-11(8-18)19-7-10(14)6-15-19/h5-7,11H,3-4,8H2,1-2H3. The molecule has 7 heteroatoms. The molecule has 2 aromatic heterocycles. The van der Waals surface area contributed by atoms with Crippen LogP contribution in [0.5, 0.6) is 0 Å². The van der Waals surface area contributed by atoms with Gasteiger partial charge in [-0.05, 0) is 35.3 Å². The van der Waals surface area contributed by atoms with E-state index in [2.05, 4.69) is 26.1 Å². The Balaban J connectivity index is 1.74. The number of nitrogens with zero attached hydrogens (tertiary/aromatic N) is 5. The summed E-state index contributed by atoms with van der Waals surface area (Å²) < 4.78 is 4.53. The molecule has 0 aliphatic carbocycles. The SMILES string of the molecule is Cc1cc(C(=O)N2CCC(n3cc(Br)cn3)C2)n(C)n1. The zero-order valence-electron chi connectivity index (χ0n) is 11.5. The minimum Gasteiger partial charge on any atom is -0.335 e. The molecule has 2 aromatic rings. The molecule has 1 amide bonds. The van der Waals surface area contributed by atoms with E-state index in [1.165, 1.54) is 0 Å². The van der Waals surface area contributed by atoms with Gasteiger partial charge in [0.2, 0.25) is 0 Å². The minimum atomic E-state index is 0.0434. The molecule has 1 aliphatic heterocycles. The Kier molecular flexibility index (Phi) is 3.37. The summed E-state index contributed by atoms with van der Waals surface area (Å²) in [5.41, 5.74) is 1.51. The van der Waals surface area contributed by atoms with Gasteiger partial charge in [0.15, 0.2) is 0 Å². The van der Waals surface area contributed by atoms with Crippen molar-refractivity contribution >= 4 is 21.8 Å². The molecular formula is C13H16BrN5O. The van der Waals surface area contributed by atoms with Crippen LogP contribution in [0.2, 0.25) is 0 Å². The van der Waals surface area contributed by atoms with Crippen LogP contribution in [0.4, 0.5) is 0 Å². The predicted molar refractivity (Wildman–Crippen MR) is 77.4 cm³/mol. The predicted octanol–water partition coefficient (Wildman–Crippen LogP) is 1.77. The van der Waals surface area contributed by atoms with Gasteiger partial charge in [-0.25, -0.2) is 0 Å². The number of rotatable bonds is 2. The average Bonchev–Trinajstić information content (AvgIpc) is 3.08. The summed E-state index contributed by atoms with van der Waals surface area (Å²) in [5, 5.41) is 8.53. The Morgan fingerprint density at radius 1 is 1.50 bits per heavy atom. The van der Waals surface area contributed by atoms with Crippen molar-refractivity contribution in [2.24, 2.45) is 7.05 Å². The molecule has 6 nitrogen and oxygen atoms in total. The molecule has 1 saturated heterocycles. The van der Waals surface area contributed by atoms with Crippen molar-refractivity contribution in [2.75, 3.05) is 13.1 Å². The highest BCUT2D eigenvalue weighted by Crippen LogP contribution is 2.24. The monoisotopic (exact) mass is 337 g/mol. The maximum atomic E-state index is 12.5. The van der Waals surface area contributed by atoms with Crippen molar-refractivity contribution < 1.29 is 4.79 Å². The highest BCUT2D eigenvalue weighted by molar-refractivity contribution is 9.10. The van der Waals surface area contributed by atoms with Gasteiger partial charge in [-0.2, -0.15) is 10.2 Å². The van der Waals surface area contributed by atoms with Gasteiger partial charge in [-0.1, -0.05) is 0 Å². The molecule has 0 saturated carbocycles. The van der Waals surface area contributed by atoms with Crippen LogP contribution >= 0.6 is 15.9 Å². The third kappa shape index (κ3) is 2.37. The lowest BCUT2D eigenvalue weighted by molar-refractivity contribution is 0.0776. The van der Waals surface area contributed by atoms with Crippen LogP contribution < -0.4 is 0 Å². The number of aryl methyl sites for hydroxylation is 2. The summed E-state index contributed by atoms with van der Waals surface area (Å²) >= 11 is 3.40. The van der Waals surface area contributed by atoms with Crippen LogP contribution in [-0.4, -0.2) is 43.5 Å². The summed E-state index contributed by atoms with van der Waals surface area (Å²) in [6, 6.07) is 2.08. The van der Waals surface area contributed by atoms with E-state index in [0.29, 0.717) is 12.2 Å². The van der Waals surface area contributed by atoms with Gasteiger partial charge >= 0.3 is 0 Å². The Morgan fingerprint density at radius 2 is 2.30 bits per heavy atom. The lowest BCUT2D eigenvalue weighted by Gasteiger charge is -2.16. The van der Waals surface area contributed by atoms with Crippen molar-refractivity contribution in [1.82, 2.24) is 24.5 Å². The van der Waals surface area contributed by atoms with E-state index in [-0.39, 0.29) is 11.9 Å². The highest BCUT2D eigenvalue weighted by Gasteiger charge is 2.29. The Morgan fingerprint density at radius 3 is 2.90 bits per heavy atom. The third-order valence-electron chi connectivity index (χ3n) is 3.62. The fourth-order valence-corrected chi connectivity index (χ4v) is 2.93. The third-order valence-corrected chi connectivity index (χ3v) is 4.03. The molecule has 106 valence electrons. The van der Waals surface area contributed by atoms with Crippen LogP contribution in [0.25, 0.3) is 0 Å². The van der Waals surface area contributed by atoms with Crippen molar-refractivity contribution in [3.8, 4) is 0 Å². The zero-order valence-corrected chi connectivity index (χ0v) is 13.0. The van der Waals surface area contributed by atoms with Crippen molar-refractivity contribution in [3.63, 3.8) is 0 Å². The molecular weight excluding hydrogens is 322 g/mol. The van der Waals surface area contributed by atoms with E-state index in [1.807, 2.05) is 28.8 Å². The molecule has 1 aliphatic rings. The molecule has 1 atom stereocenters. The number of likely N-dealkylation sites (tertiary alicyclic amines) is 1. The topological polar surface area (TPSA) is 56.0 Å². The molecule has 0 radical (unpaired) electrons. The van der Waals surface area contributed by atoms with Crippen molar-refractivity contribution in [3.05, 3.63) is 34.3 Å². The Labute approximate surface area is 125 Å². The molecule has 1 fully saturated rings. The Hall–Kier alpha value is -1.63. The second-order valence-electron chi connectivity index (χ2n) is 5.13. The molecule has 0 aromatic carbocycles. The van der Waals surface area contributed by atoms with E-state index in [4.69, 9.17) is 0 Å². The van der Waals surface area contributed by atoms with Crippen LogP contribution in [0, 0.1) is 6.92 Å². The molecule has 1 unspecified atom stereocenters. The number of amides is 1. The lowest BCUT2D eigenvalue weighted by Crippen LogP contribution is -2.30. The molecule has 3 heterocycles. The van der Waals surface area contributed by atoms with E-state index in [0.717, 1.165) is 23.1 Å². The number of carbonyl (C=O) groups is 1. The van der Waals surface area contributed by atoms with Gasteiger partial charge in [0.05, 0.1) is 22.4 Å². The van der Waals surface area contributed by atoms with Gasteiger partial charge in [0.25, 0.3) is 5.91 Å².